The number of carbonyl (C=O) groups is 3. The molecule has 0 aliphatic heterocycles. The highest BCUT2D eigenvalue weighted by atomic mass is 16.5. The largest absolute Gasteiger partial charge is 0.494 e. The zero-order chi connectivity index (χ0) is 21.3. The number of aryl methyl sites for hydroxylation is 1. The summed E-state index contributed by atoms with van der Waals surface area (Å²) in [5, 5.41) is 5.55. The van der Waals surface area contributed by atoms with Gasteiger partial charge >= 0.3 is 5.97 Å². The highest BCUT2D eigenvalue weighted by Crippen LogP contribution is 2.21. The van der Waals surface area contributed by atoms with E-state index in [1.165, 1.54) is 0 Å². The van der Waals surface area contributed by atoms with E-state index in [0.29, 0.717) is 24.3 Å². The number of anilines is 1. The molecule has 158 valence electrons. The van der Waals surface area contributed by atoms with E-state index in [1.807, 2.05) is 31.2 Å². The Balaban J connectivity index is 1.43. The minimum Gasteiger partial charge on any atom is -0.494 e. The number of hydrogen-bond donors (Lipinski definition) is 2. The van der Waals surface area contributed by atoms with Crippen LogP contribution in [0.15, 0.2) is 48.5 Å². The number of benzene rings is 2. The van der Waals surface area contributed by atoms with Crippen LogP contribution in [0.1, 0.15) is 42.1 Å². The number of para-hydroxylation sites is 1. The van der Waals surface area contributed by atoms with Crippen LogP contribution in [0.3, 0.4) is 0 Å². The molecular weight excluding hydrogens is 384 g/mol. The van der Waals surface area contributed by atoms with Crippen LogP contribution in [0.2, 0.25) is 0 Å². The van der Waals surface area contributed by atoms with E-state index in [-0.39, 0.29) is 25.0 Å². The Kier molecular flexibility index (Phi) is 7.43. The van der Waals surface area contributed by atoms with Crippen LogP contribution in [0.4, 0.5) is 5.69 Å². The first-order chi connectivity index (χ1) is 14.5. The number of esters is 1. The van der Waals surface area contributed by atoms with Crippen LogP contribution >= 0.6 is 0 Å². The molecule has 3 rings (SSSR count). The summed E-state index contributed by atoms with van der Waals surface area (Å²) >= 11 is 0. The van der Waals surface area contributed by atoms with Crippen molar-refractivity contribution < 1.29 is 23.9 Å². The third-order valence-corrected chi connectivity index (χ3v) is 4.56. The Bertz CT molecular complexity index is 908. The lowest BCUT2D eigenvalue weighted by molar-refractivity contribution is -0.147. The number of carbonyl (C=O) groups excluding carboxylic acids is 3. The van der Waals surface area contributed by atoms with Gasteiger partial charge in [0.25, 0.3) is 11.8 Å². The lowest BCUT2D eigenvalue weighted by Gasteiger charge is -2.10. The molecule has 7 heteroatoms. The zero-order valence-electron chi connectivity index (χ0n) is 17.0. The molecule has 2 aromatic rings. The molecule has 0 bridgehead atoms. The number of ether oxygens (including phenoxy) is 2. The highest BCUT2D eigenvalue weighted by Gasteiger charge is 2.23. The molecule has 2 amide bonds. The summed E-state index contributed by atoms with van der Waals surface area (Å²) in [6, 6.07) is 14.4. The number of nitrogens with one attached hydrogen (secondary N) is 2. The molecule has 1 aliphatic rings. The standard InChI is InChI=1S/C23H26N2O5/c1-2-29-20-9-4-3-6-16(20)10-13-22(27)30-15-21(26)24-19-8-5-7-17(14-19)23(28)25-18-11-12-18/h3-9,14,18H,2,10-13,15H2,1H3,(H,24,26)(H,25,28). The summed E-state index contributed by atoms with van der Waals surface area (Å²) in [5.74, 6) is -0.338. The lowest BCUT2D eigenvalue weighted by Crippen LogP contribution is -2.25. The van der Waals surface area contributed by atoms with Crippen molar-refractivity contribution in [1.82, 2.24) is 5.32 Å². The van der Waals surface area contributed by atoms with Crippen LogP contribution in [0.25, 0.3) is 0 Å². The van der Waals surface area contributed by atoms with Crippen LogP contribution in [-0.4, -0.2) is 37.0 Å². The molecule has 0 aromatic heterocycles. The fraction of sp³-hybridized carbons (Fsp3) is 0.348. The Labute approximate surface area is 175 Å². The van der Waals surface area contributed by atoms with Crippen molar-refractivity contribution in [3.05, 3.63) is 59.7 Å². The Morgan fingerprint density at radius 3 is 2.63 bits per heavy atom. The van der Waals surface area contributed by atoms with Gasteiger partial charge in [-0.15, -0.1) is 0 Å². The van der Waals surface area contributed by atoms with Crippen molar-refractivity contribution in [2.24, 2.45) is 0 Å². The van der Waals surface area contributed by atoms with Crippen molar-refractivity contribution in [3.8, 4) is 5.75 Å². The molecule has 1 saturated carbocycles. The fourth-order valence-electron chi connectivity index (χ4n) is 2.89. The molecular formula is C23H26N2O5. The van der Waals surface area contributed by atoms with Gasteiger partial charge in [0.15, 0.2) is 6.61 Å². The molecule has 30 heavy (non-hydrogen) atoms. The van der Waals surface area contributed by atoms with Crippen LogP contribution in [0.5, 0.6) is 5.75 Å². The van der Waals surface area contributed by atoms with Crippen molar-refractivity contribution in [3.63, 3.8) is 0 Å². The molecule has 7 nitrogen and oxygen atoms in total. The zero-order valence-corrected chi connectivity index (χ0v) is 17.0. The van der Waals surface area contributed by atoms with Crippen LogP contribution in [-0.2, 0) is 20.7 Å². The van der Waals surface area contributed by atoms with Crippen molar-refractivity contribution in [2.75, 3.05) is 18.5 Å². The number of amides is 2. The number of hydrogen-bond acceptors (Lipinski definition) is 5. The predicted molar refractivity (Wildman–Crippen MR) is 112 cm³/mol. The van der Waals surface area contributed by atoms with Crippen molar-refractivity contribution >= 4 is 23.5 Å². The molecule has 0 atom stereocenters. The first kappa shape index (κ1) is 21.4. The quantitative estimate of drug-likeness (QED) is 0.587. The average Bonchev–Trinajstić information content (AvgIpc) is 3.56. The van der Waals surface area contributed by atoms with Crippen LogP contribution < -0.4 is 15.4 Å². The summed E-state index contributed by atoms with van der Waals surface area (Å²) in [6.07, 6.45) is 2.62. The maximum absolute atomic E-state index is 12.1. The summed E-state index contributed by atoms with van der Waals surface area (Å²) in [7, 11) is 0. The summed E-state index contributed by atoms with van der Waals surface area (Å²) in [6.45, 7) is 2.06. The first-order valence-corrected chi connectivity index (χ1v) is 10.1. The smallest absolute Gasteiger partial charge is 0.306 e. The highest BCUT2D eigenvalue weighted by molar-refractivity contribution is 5.98. The van der Waals surface area contributed by atoms with Gasteiger partial charge in [-0.05, 0) is 56.0 Å². The van der Waals surface area contributed by atoms with Gasteiger partial charge in [0, 0.05) is 23.7 Å². The first-order valence-electron chi connectivity index (χ1n) is 10.1. The molecule has 1 aliphatic carbocycles. The normalized spacial score (nSPS) is 12.7. The monoisotopic (exact) mass is 410 g/mol. The van der Waals surface area contributed by atoms with Gasteiger partial charge in [0.05, 0.1) is 6.61 Å². The molecule has 2 aromatic carbocycles. The minimum atomic E-state index is -0.464. The van der Waals surface area contributed by atoms with Crippen molar-refractivity contribution in [1.29, 1.82) is 0 Å². The van der Waals surface area contributed by atoms with E-state index in [0.717, 1.165) is 24.2 Å². The molecule has 2 N–H and O–H groups in total. The predicted octanol–water partition coefficient (Wildman–Crippen LogP) is 3.09. The summed E-state index contributed by atoms with van der Waals surface area (Å²) in [5.41, 5.74) is 1.87. The Morgan fingerprint density at radius 1 is 1.07 bits per heavy atom. The molecule has 1 fully saturated rings. The van der Waals surface area contributed by atoms with Gasteiger partial charge in [-0.2, -0.15) is 0 Å². The van der Waals surface area contributed by atoms with E-state index in [9.17, 15) is 14.4 Å². The average molecular weight is 410 g/mol. The molecule has 0 saturated heterocycles. The maximum atomic E-state index is 12.1. The maximum Gasteiger partial charge on any atom is 0.306 e. The van der Waals surface area contributed by atoms with Gasteiger partial charge in [0.2, 0.25) is 0 Å². The van der Waals surface area contributed by atoms with Gasteiger partial charge in [-0.3, -0.25) is 14.4 Å². The van der Waals surface area contributed by atoms with Crippen molar-refractivity contribution in [2.45, 2.75) is 38.6 Å². The van der Waals surface area contributed by atoms with E-state index < -0.39 is 11.9 Å². The Morgan fingerprint density at radius 2 is 1.87 bits per heavy atom. The van der Waals surface area contributed by atoms with Gasteiger partial charge in [0.1, 0.15) is 5.75 Å². The third kappa shape index (κ3) is 6.62. The van der Waals surface area contributed by atoms with Gasteiger partial charge in [-0.1, -0.05) is 24.3 Å². The fourth-order valence-corrected chi connectivity index (χ4v) is 2.89. The number of rotatable bonds is 10. The second kappa shape index (κ2) is 10.4. The lowest BCUT2D eigenvalue weighted by atomic mass is 10.1. The van der Waals surface area contributed by atoms with E-state index in [2.05, 4.69) is 10.6 Å². The van der Waals surface area contributed by atoms with Gasteiger partial charge in [-0.25, -0.2) is 0 Å². The third-order valence-electron chi connectivity index (χ3n) is 4.56. The second-order valence-electron chi connectivity index (χ2n) is 7.08. The topological polar surface area (TPSA) is 93.7 Å². The van der Waals surface area contributed by atoms with E-state index >= 15 is 0 Å². The summed E-state index contributed by atoms with van der Waals surface area (Å²) in [4.78, 5) is 36.2. The molecule has 0 radical (unpaired) electrons. The van der Waals surface area contributed by atoms with Crippen LogP contribution in [0, 0.1) is 0 Å². The SMILES string of the molecule is CCOc1ccccc1CCC(=O)OCC(=O)Nc1cccc(C(=O)NC2CC2)c1. The van der Waals surface area contributed by atoms with E-state index in [4.69, 9.17) is 9.47 Å². The summed E-state index contributed by atoms with van der Waals surface area (Å²) < 4.78 is 10.6. The van der Waals surface area contributed by atoms with Gasteiger partial charge < -0.3 is 20.1 Å². The Hall–Kier alpha value is -3.35. The minimum absolute atomic E-state index is 0.147. The molecule has 0 spiro atoms. The van der Waals surface area contributed by atoms with E-state index in [1.54, 1.807) is 24.3 Å². The molecule has 0 heterocycles. The molecule has 0 unspecified atom stereocenters. The second-order valence-corrected chi connectivity index (χ2v) is 7.08.